The number of unbranched alkanes of at least 4 members (excludes halogenated alkanes) is 2. The molecule has 0 aliphatic carbocycles. The molecule has 0 saturated carbocycles. The first-order valence-corrected chi connectivity index (χ1v) is 19.0. The number of thiazole rings is 1. The van der Waals surface area contributed by atoms with Gasteiger partial charge in [-0.2, -0.15) is 4.57 Å². The molecule has 5 rings (SSSR count). The standard InChI is InChI=1S/C29H28Br2N2O7S3/c30-22-8-5-20(6-9-22)21-7-11-26-24(17-21)32(13-1-3-15-42(34,35)36)28(40-26)19-29-33(14-2-4-16-43(37,38)39)25-18-23(31)10-12-27(25)41-29/h5-12,17-19H,1-4,13-16H2,(H-,34,35,36,37,38,39)/p-1. The fourth-order valence-corrected chi connectivity index (χ4v) is 7.70. The number of aryl methyl sites for hydroxylation is 1. The zero-order valence-electron chi connectivity index (χ0n) is 22.7. The Morgan fingerprint density at radius 2 is 1.47 bits per heavy atom. The molecule has 9 nitrogen and oxygen atoms in total. The number of halogens is 2. The SMILES string of the molecule is O=S(=O)([O-])CCCCN1/C(=C/c2sc3ccc(Br)cc3[n+]2CCCCS(=O)(=O)[O-])Oc2ccc(-c3ccc(Br)cc3)cc21. The summed E-state index contributed by atoms with van der Waals surface area (Å²) in [6, 6.07) is 19.8. The molecule has 3 aromatic carbocycles. The third-order valence-corrected chi connectivity index (χ3v) is 10.6. The lowest BCUT2D eigenvalue weighted by atomic mass is 10.0. The van der Waals surface area contributed by atoms with Crippen molar-refractivity contribution in [3.05, 3.63) is 80.5 Å². The van der Waals surface area contributed by atoms with Crippen LogP contribution in [0.5, 0.6) is 5.75 Å². The van der Waals surface area contributed by atoms with E-state index in [1.54, 1.807) is 11.3 Å². The van der Waals surface area contributed by atoms with Gasteiger partial charge in [-0.25, -0.2) is 16.8 Å². The molecule has 1 aliphatic rings. The van der Waals surface area contributed by atoms with E-state index in [0.717, 1.165) is 41.0 Å². The lowest BCUT2D eigenvalue weighted by Gasteiger charge is -2.19. The van der Waals surface area contributed by atoms with Crippen LogP contribution in [-0.2, 0) is 26.8 Å². The lowest BCUT2D eigenvalue weighted by molar-refractivity contribution is -0.669. The summed E-state index contributed by atoms with van der Waals surface area (Å²) in [6.07, 6.45) is 3.33. The molecular formula is C29H27Br2N2O7S3-. The van der Waals surface area contributed by atoms with Crippen LogP contribution in [0.15, 0.2) is 75.5 Å². The summed E-state index contributed by atoms with van der Waals surface area (Å²) in [5.41, 5.74) is 3.79. The van der Waals surface area contributed by atoms with Gasteiger partial charge in [-0.05, 0) is 66.8 Å². The molecule has 1 aliphatic heterocycles. The molecule has 0 saturated heterocycles. The Hall–Kier alpha value is -2.33. The van der Waals surface area contributed by atoms with Crippen LogP contribution in [0.2, 0.25) is 0 Å². The summed E-state index contributed by atoms with van der Waals surface area (Å²) >= 11 is 8.56. The minimum Gasteiger partial charge on any atom is -0.748 e. The second kappa shape index (κ2) is 13.3. The summed E-state index contributed by atoms with van der Waals surface area (Å²) < 4.78 is 78.3. The van der Waals surface area contributed by atoms with Crippen LogP contribution >= 0.6 is 43.2 Å². The molecule has 228 valence electrons. The molecular weight excluding hydrogens is 744 g/mol. The van der Waals surface area contributed by atoms with E-state index >= 15 is 0 Å². The Balaban J connectivity index is 1.50. The third-order valence-electron chi connectivity index (χ3n) is 6.90. The van der Waals surface area contributed by atoms with Crippen LogP contribution in [0.1, 0.15) is 30.7 Å². The zero-order chi connectivity index (χ0) is 30.8. The highest BCUT2D eigenvalue weighted by Crippen LogP contribution is 2.42. The van der Waals surface area contributed by atoms with Gasteiger partial charge in [0.05, 0.1) is 32.0 Å². The van der Waals surface area contributed by atoms with Crippen molar-refractivity contribution in [1.29, 1.82) is 0 Å². The van der Waals surface area contributed by atoms with Crippen molar-refractivity contribution in [2.75, 3.05) is 23.0 Å². The van der Waals surface area contributed by atoms with Crippen molar-refractivity contribution >= 4 is 85.4 Å². The maximum absolute atomic E-state index is 11.2. The Labute approximate surface area is 271 Å². The molecule has 0 fully saturated rings. The molecule has 1 aromatic heterocycles. The molecule has 0 bridgehead atoms. The van der Waals surface area contributed by atoms with Gasteiger partial charge in [0.1, 0.15) is 4.70 Å². The quantitative estimate of drug-likeness (QED) is 0.0942. The molecule has 14 heteroatoms. The highest BCUT2D eigenvalue weighted by molar-refractivity contribution is 9.10. The highest BCUT2D eigenvalue weighted by Gasteiger charge is 2.29. The summed E-state index contributed by atoms with van der Waals surface area (Å²) in [5, 5.41) is 0.862. The van der Waals surface area contributed by atoms with Gasteiger partial charge in [0.15, 0.2) is 12.3 Å². The molecule has 0 radical (unpaired) electrons. The minimum absolute atomic E-state index is 0.219. The van der Waals surface area contributed by atoms with Crippen molar-refractivity contribution < 1.29 is 35.2 Å². The Morgan fingerprint density at radius 1 is 0.814 bits per heavy atom. The van der Waals surface area contributed by atoms with Crippen molar-refractivity contribution in [2.24, 2.45) is 0 Å². The molecule has 4 aromatic rings. The first-order chi connectivity index (χ1) is 20.4. The van der Waals surface area contributed by atoms with Crippen molar-refractivity contribution in [3.63, 3.8) is 0 Å². The number of rotatable bonds is 12. The molecule has 0 spiro atoms. The molecule has 0 atom stereocenters. The smallest absolute Gasteiger partial charge is 0.268 e. The number of hydrogen-bond donors (Lipinski definition) is 0. The average molecular weight is 772 g/mol. The number of fused-ring (bicyclic) bond motifs is 2. The van der Waals surface area contributed by atoms with Gasteiger partial charge in [0.25, 0.3) is 5.01 Å². The van der Waals surface area contributed by atoms with Crippen molar-refractivity contribution in [2.45, 2.75) is 32.2 Å². The van der Waals surface area contributed by atoms with E-state index < -0.39 is 31.7 Å². The molecule has 0 amide bonds. The van der Waals surface area contributed by atoms with Gasteiger partial charge in [-0.15, -0.1) is 0 Å². The van der Waals surface area contributed by atoms with Gasteiger partial charge in [0, 0.05) is 39.5 Å². The maximum Gasteiger partial charge on any atom is 0.268 e. The van der Waals surface area contributed by atoms with Crippen LogP contribution in [0.25, 0.3) is 27.4 Å². The average Bonchev–Trinajstić information content (AvgIpc) is 3.44. The van der Waals surface area contributed by atoms with Gasteiger partial charge >= 0.3 is 0 Å². The maximum atomic E-state index is 11.2. The van der Waals surface area contributed by atoms with Crippen molar-refractivity contribution in [3.8, 4) is 16.9 Å². The number of aromatic nitrogens is 1. The molecule has 0 N–H and O–H groups in total. The second-order valence-corrected chi connectivity index (χ2v) is 16.0. The van der Waals surface area contributed by atoms with E-state index in [1.807, 2.05) is 71.6 Å². The third kappa shape index (κ3) is 8.44. The number of benzene rings is 3. The predicted octanol–water partition coefficient (Wildman–Crippen LogP) is 6.23. The summed E-state index contributed by atoms with van der Waals surface area (Å²) in [5.74, 6) is 0.354. The number of anilines is 1. The fourth-order valence-electron chi connectivity index (χ4n) is 4.88. The van der Waals surface area contributed by atoms with Crippen molar-refractivity contribution in [1.82, 2.24) is 0 Å². The van der Waals surface area contributed by atoms with Gasteiger partial charge in [0.2, 0.25) is 11.4 Å². The molecule has 0 unspecified atom stereocenters. The number of ether oxygens (including phenoxy) is 1. The Kier molecular flexibility index (Phi) is 9.96. The van der Waals surface area contributed by atoms with Crippen LogP contribution < -0.4 is 14.2 Å². The van der Waals surface area contributed by atoms with E-state index in [4.69, 9.17) is 4.74 Å². The van der Waals surface area contributed by atoms with Gasteiger partial charge in [-0.1, -0.05) is 61.4 Å². The largest absolute Gasteiger partial charge is 0.748 e. The van der Waals surface area contributed by atoms with E-state index in [9.17, 15) is 25.9 Å². The predicted molar refractivity (Wildman–Crippen MR) is 173 cm³/mol. The van der Waals surface area contributed by atoms with Gasteiger partial charge < -0.3 is 18.7 Å². The van der Waals surface area contributed by atoms with Crippen LogP contribution in [0.3, 0.4) is 0 Å². The van der Waals surface area contributed by atoms with E-state index in [0.29, 0.717) is 37.6 Å². The van der Waals surface area contributed by atoms with Crippen LogP contribution in [0.4, 0.5) is 5.69 Å². The van der Waals surface area contributed by atoms with Crippen LogP contribution in [0, 0.1) is 0 Å². The Bertz CT molecular complexity index is 1890. The Morgan fingerprint density at radius 3 is 2.16 bits per heavy atom. The minimum atomic E-state index is -4.31. The first-order valence-electron chi connectivity index (χ1n) is 13.4. The monoisotopic (exact) mass is 769 g/mol. The van der Waals surface area contributed by atoms with Gasteiger partial charge in [-0.3, -0.25) is 0 Å². The molecule has 43 heavy (non-hydrogen) atoms. The lowest BCUT2D eigenvalue weighted by Crippen LogP contribution is -2.35. The fraction of sp³-hybridized carbons (Fsp3) is 0.276. The summed E-state index contributed by atoms with van der Waals surface area (Å²) in [4.78, 5) is 1.99. The molecule has 2 heterocycles. The highest BCUT2D eigenvalue weighted by atomic mass is 79.9. The van der Waals surface area contributed by atoms with Crippen LogP contribution in [-0.4, -0.2) is 44.0 Å². The van der Waals surface area contributed by atoms with E-state index in [2.05, 4.69) is 36.4 Å². The summed E-state index contributed by atoms with van der Waals surface area (Å²) in [6.45, 7) is 0.920. The second-order valence-electron chi connectivity index (χ2n) is 10.1. The first kappa shape index (κ1) is 32.1. The number of hydrogen-bond acceptors (Lipinski definition) is 9. The zero-order valence-corrected chi connectivity index (χ0v) is 28.4. The number of nitrogens with zero attached hydrogens (tertiary/aromatic N) is 2. The topological polar surface area (TPSA) is 131 Å². The normalized spacial score (nSPS) is 14.4. The van der Waals surface area contributed by atoms with E-state index in [1.165, 1.54) is 0 Å². The van der Waals surface area contributed by atoms with E-state index in [-0.39, 0.29) is 12.8 Å². The summed E-state index contributed by atoms with van der Waals surface area (Å²) in [7, 11) is -8.60.